The first-order valence-electron chi connectivity index (χ1n) is 5.63. The Labute approximate surface area is 104 Å². The summed E-state index contributed by atoms with van der Waals surface area (Å²) in [7, 11) is 1.30. The van der Waals surface area contributed by atoms with Crippen molar-refractivity contribution in [3.05, 3.63) is 35.6 Å². The van der Waals surface area contributed by atoms with Crippen molar-refractivity contribution in [1.82, 2.24) is 0 Å². The van der Waals surface area contributed by atoms with Crippen LogP contribution in [-0.2, 0) is 19.1 Å². The maximum absolute atomic E-state index is 11.6. The van der Waals surface area contributed by atoms with Gasteiger partial charge in [0, 0.05) is 5.92 Å². The van der Waals surface area contributed by atoms with Crippen LogP contribution in [0.3, 0.4) is 0 Å². The minimum absolute atomic E-state index is 0.160. The number of methoxy groups -OCH3 is 1. The summed E-state index contributed by atoms with van der Waals surface area (Å²) in [6.07, 6.45) is 6.42. The van der Waals surface area contributed by atoms with Crippen LogP contribution >= 0.6 is 0 Å². The molecule has 0 amide bonds. The summed E-state index contributed by atoms with van der Waals surface area (Å²) >= 11 is 0. The lowest BCUT2D eigenvalue weighted by Crippen LogP contribution is -2.34. The molecule has 0 aromatic rings. The number of fused-ring (bicyclic) bond motifs is 1. The van der Waals surface area contributed by atoms with Crippen molar-refractivity contribution in [2.75, 3.05) is 7.11 Å². The highest BCUT2D eigenvalue weighted by atomic mass is 16.6. The van der Waals surface area contributed by atoms with Crippen molar-refractivity contribution in [3.8, 4) is 0 Å². The normalized spacial score (nSPS) is 30.2. The second-order valence-electron chi connectivity index (χ2n) is 4.16. The molecule has 1 aliphatic carbocycles. The Bertz CT molecular complexity index is 446. The average Bonchev–Trinajstić information content (AvgIpc) is 2.81. The molecule has 0 radical (unpaired) electrons. The Morgan fingerprint density at radius 2 is 2.39 bits per heavy atom. The third-order valence-electron chi connectivity index (χ3n) is 3.26. The minimum atomic E-state index is -1.01. The molecule has 96 valence electrons. The molecule has 0 bridgehead atoms. The molecule has 0 saturated heterocycles. The number of hydrogen-bond donors (Lipinski definition) is 1. The van der Waals surface area contributed by atoms with E-state index in [1.165, 1.54) is 19.4 Å². The summed E-state index contributed by atoms with van der Waals surface area (Å²) in [5.41, 5.74) is 1.22. The lowest BCUT2D eigenvalue weighted by atomic mass is 9.83. The van der Waals surface area contributed by atoms with E-state index in [-0.39, 0.29) is 11.8 Å². The van der Waals surface area contributed by atoms with Crippen molar-refractivity contribution >= 4 is 12.3 Å². The third kappa shape index (κ3) is 2.09. The molecule has 2 aliphatic rings. The van der Waals surface area contributed by atoms with Crippen LogP contribution in [0.2, 0.25) is 0 Å². The second-order valence-corrected chi connectivity index (χ2v) is 4.16. The molecular weight excluding hydrogens is 236 g/mol. The van der Waals surface area contributed by atoms with E-state index in [1.54, 1.807) is 6.08 Å². The number of hydrogen-bond acceptors (Lipinski definition) is 5. The zero-order chi connectivity index (χ0) is 13.1. The number of ether oxygens (including phenoxy) is 2. The number of aliphatic hydroxyl groups is 1. The number of allylic oxidation sites excluding steroid dienone is 3. The molecule has 0 aromatic carbocycles. The fourth-order valence-corrected chi connectivity index (χ4v) is 2.42. The van der Waals surface area contributed by atoms with E-state index in [9.17, 15) is 14.7 Å². The van der Waals surface area contributed by atoms with Crippen molar-refractivity contribution in [2.24, 2.45) is 11.8 Å². The lowest BCUT2D eigenvalue weighted by molar-refractivity contribution is -0.141. The SMILES string of the molecule is COC(=O)C1=COC(O)C2C(/C=C/C=O)=CCC12. The average molecular weight is 250 g/mol. The van der Waals surface area contributed by atoms with E-state index < -0.39 is 12.3 Å². The van der Waals surface area contributed by atoms with Gasteiger partial charge >= 0.3 is 5.97 Å². The molecule has 3 unspecified atom stereocenters. The molecule has 18 heavy (non-hydrogen) atoms. The third-order valence-corrected chi connectivity index (χ3v) is 3.26. The fraction of sp³-hybridized carbons (Fsp3) is 0.385. The standard InChI is InChI=1S/C13H14O5/c1-17-12(15)10-7-18-13(16)11-8(3-2-6-14)4-5-9(10)11/h2-4,6-7,9,11,13,16H,5H2,1H3/b3-2+. The molecule has 1 aliphatic heterocycles. The Kier molecular flexibility index (Phi) is 3.62. The molecule has 5 heteroatoms. The van der Waals surface area contributed by atoms with Crippen LogP contribution in [0.4, 0.5) is 0 Å². The van der Waals surface area contributed by atoms with Crippen LogP contribution in [0.5, 0.6) is 0 Å². The molecule has 0 aromatic heterocycles. The largest absolute Gasteiger partial charge is 0.471 e. The Morgan fingerprint density at radius 1 is 1.61 bits per heavy atom. The van der Waals surface area contributed by atoms with Crippen molar-refractivity contribution in [1.29, 1.82) is 0 Å². The summed E-state index contributed by atoms with van der Waals surface area (Å²) in [6, 6.07) is 0. The number of rotatable bonds is 3. The predicted molar refractivity (Wildman–Crippen MR) is 62.1 cm³/mol. The van der Waals surface area contributed by atoms with Gasteiger partial charge in [0.25, 0.3) is 0 Å². The van der Waals surface area contributed by atoms with Gasteiger partial charge in [-0.2, -0.15) is 0 Å². The molecule has 0 spiro atoms. The summed E-state index contributed by atoms with van der Waals surface area (Å²) in [5, 5.41) is 9.84. The van der Waals surface area contributed by atoms with Crippen LogP contribution in [-0.4, -0.2) is 30.8 Å². The zero-order valence-electron chi connectivity index (χ0n) is 9.91. The van der Waals surface area contributed by atoms with Crippen molar-refractivity contribution < 1.29 is 24.2 Å². The summed E-state index contributed by atoms with van der Waals surface area (Å²) in [5.74, 6) is -0.946. The predicted octanol–water partition coefficient (Wildman–Crippen LogP) is 0.710. The van der Waals surface area contributed by atoms with Crippen molar-refractivity contribution in [2.45, 2.75) is 12.7 Å². The van der Waals surface area contributed by atoms with Crippen LogP contribution in [0.25, 0.3) is 0 Å². The van der Waals surface area contributed by atoms with Gasteiger partial charge < -0.3 is 14.6 Å². The van der Waals surface area contributed by atoms with Gasteiger partial charge in [-0.3, -0.25) is 4.79 Å². The van der Waals surface area contributed by atoms with Gasteiger partial charge in [0.2, 0.25) is 6.29 Å². The first-order valence-corrected chi connectivity index (χ1v) is 5.63. The van der Waals surface area contributed by atoms with Gasteiger partial charge in [-0.05, 0) is 18.1 Å². The van der Waals surface area contributed by atoms with Crippen molar-refractivity contribution in [3.63, 3.8) is 0 Å². The Morgan fingerprint density at radius 3 is 3.06 bits per heavy atom. The van der Waals surface area contributed by atoms with E-state index in [1.807, 2.05) is 6.08 Å². The number of carbonyl (C=O) groups is 2. The molecule has 5 nitrogen and oxygen atoms in total. The van der Waals surface area contributed by atoms with Crippen LogP contribution in [0.15, 0.2) is 35.6 Å². The van der Waals surface area contributed by atoms with Gasteiger partial charge in [0.05, 0.1) is 24.9 Å². The van der Waals surface area contributed by atoms with Gasteiger partial charge in [0.15, 0.2) is 0 Å². The summed E-state index contributed by atoms with van der Waals surface area (Å²) < 4.78 is 9.75. The van der Waals surface area contributed by atoms with E-state index in [4.69, 9.17) is 4.74 Å². The number of esters is 1. The van der Waals surface area contributed by atoms with E-state index >= 15 is 0 Å². The molecular formula is C13H14O5. The minimum Gasteiger partial charge on any atom is -0.471 e. The van der Waals surface area contributed by atoms with Gasteiger partial charge in [-0.25, -0.2) is 4.79 Å². The van der Waals surface area contributed by atoms with Gasteiger partial charge in [0.1, 0.15) is 6.29 Å². The molecule has 0 fully saturated rings. The van der Waals surface area contributed by atoms with E-state index in [2.05, 4.69) is 4.74 Å². The molecule has 1 N–H and O–H groups in total. The first kappa shape index (κ1) is 12.6. The number of aldehydes is 1. The van der Waals surface area contributed by atoms with Gasteiger partial charge in [-0.1, -0.05) is 12.2 Å². The quantitative estimate of drug-likeness (QED) is 0.453. The van der Waals surface area contributed by atoms with Crippen LogP contribution in [0.1, 0.15) is 6.42 Å². The topological polar surface area (TPSA) is 72.8 Å². The summed E-state index contributed by atoms with van der Waals surface area (Å²) in [6.45, 7) is 0. The van der Waals surface area contributed by atoms with Crippen LogP contribution in [0, 0.1) is 11.8 Å². The first-order chi connectivity index (χ1) is 8.69. The summed E-state index contributed by atoms with van der Waals surface area (Å²) in [4.78, 5) is 21.9. The number of carbonyl (C=O) groups excluding carboxylic acids is 2. The lowest BCUT2D eigenvalue weighted by Gasteiger charge is -2.31. The maximum atomic E-state index is 11.6. The highest BCUT2D eigenvalue weighted by molar-refractivity contribution is 5.89. The Balaban J connectivity index is 2.25. The smallest absolute Gasteiger partial charge is 0.337 e. The highest BCUT2D eigenvalue weighted by Gasteiger charge is 2.42. The molecule has 3 atom stereocenters. The highest BCUT2D eigenvalue weighted by Crippen LogP contribution is 2.42. The van der Waals surface area contributed by atoms with E-state index in [0.29, 0.717) is 18.3 Å². The van der Waals surface area contributed by atoms with E-state index in [0.717, 1.165) is 5.57 Å². The second kappa shape index (κ2) is 5.18. The fourth-order valence-electron chi connectivity index (χ4n) is 2.42. The zero-order valence-corrected chi connectivity index (χ0v) is 9.91. The molecule has 1 heterocycles. The number of aliphatic hydroxyl groups excluding tert-OH is 1. The maximum Gasteiger partial charge on any atom is 0.337 e. The van der Waals surface area contributed by atoms with Gasteiger partial charge in [-0.15, -0.1) is 0 Å². The van der Waals surface area contributed by atoms with Crippen LogP contribution < -0.4 is 0 Å². The Hall–Kier alpha value is -1.88. The molecule has 0 saturated carbocycles. The molecule has 2 rings (SSSR count). The monoisotopic (exact) mass is 250 g/mol.